The number of likely N-dealkylation sites (N-methyl/N-ethyl adjacent to an activating group) is 1. The molecule has 0 aliphatic carbocycles. The molecule has 0 fully saturated rings. The lowest BCUT2D eigenvalue weighted by Gasteiger charge is -2.32. The fourth-order valence-corrected chi connectivity index (χ4v) is 1.86. The van der Waals surface area contributed by atoms with Gasteiger partial charge in [-0.1, -0.05) is 0 Å². The van der Waals surface area contributed by atoms with Crippen LogP contribution in [0.3, 0.4) is 0 Å². The molecule has 0 saturated carbocycles. The van der Waals surface area contributed by atoms with Crippen molar-refractivity contribution >= 4 is 11.3 Å². The van der Waals surface area contributed by atoms with Gasteiger partial charge in [0.05, 0.1) is 0 Å². The molecule has 4 heteroatoms. The predicted molar refractivity (Wildman–Crippen MR) is 66.3 cm³/mol. The summed E-state index contributed by atoms with van der Waals surface area (Å²) in [4.78, 5) is 6.65. The van der Waals surface area contributed by atoms with Crippen LogP contribution in [0.15, 0.2) is 5.38 Å². The van der Waals surface area contributed by atoms with Crippen molar-refractivity contribution in [1.29, 1.82) is 0 Å². The van der Waals surface area contributed by atoms with E-state index >= 15 is 0 Å². The molecule has 1 aromatic heterocycles. The summed E-state index contributed by atoms with van der Waals surface area (Å²) in [7, 11) is 4.21. The molecule has 86 valence electrons. The van der Waals surface area contributed by atoms with Crippen LogP contribution in [-0.4, -0.2) is 36.1 Å². The maximum absolute atomic E-state index is 4.42. The first-order valence-electron chi connectivity index (χ1n) is 5.21. The molecule has 0 atom stereocenters. The summed E-state index contributed by atoms with van der Waals surface area (Å²) in [5.41, 5.74) is 1.30. The van der Waals surface area contributed by atoms with Crippen molar-refractivity contribution in [2.75, 3.05) is 20.6 Å². The molecule has 1 rings (SSSR count). The topological polar surface area (TPSA) is 28.2 Å². The van der Waals surface area contributed by atoms with Crippen molar-refractivity contribution in [1.82, 2.24) is 15.2 Å². The number of nitrogens with one attached hydrogen (secondary N) is 1. The highest BCUT2D eigenvalue weighted by molar-refractivity contribution is 7.09. The van der Waals surface area contributed by atoms with E-state index in [0.717, 1.165) is 18.8 Å². The molecule has 0 radical (unpaired) electrons. The number of hydrogen-bond donors (Lipinski definition) is 1. The molecule has 0 aliphatic rings. The Kier molecular flexibility index (Phi) is 4.25. The van der Waals surface area contributed by atoms with E-state index in [9.17, 15) is 0 Å². The van der Waals surface area contributed by atoms with Gasteiger partial charge in [0.25, 0.3) is 0 Å². The summed E-state index contributed by atoms with van der Waals surface area (Å²) < 4.78 is 0. The average molecular weight is 227 g/mol. The Morgan fingerprint density at radius 2 is 2.13 bits per heavy atom. The van der Waals surface area contributed by atoms with Crippen LogP contribution in [0.2, 0.25) is 0 Å². The first kappa shape index (κ1) is 12.6. The van der Waals surface area contributed by atoms with Crippen LogP contribution in [-0.2, 0) is 6.54 Å². The molecule has 0 bridgehead atoms. The Labute approximate surface area is 96.5 Å². The van der Waals surface area contributed by atoms with E-state index in [1.54, 1.807) is 11.3 Å². The Balaban J connectivity index is 2.33. The third-order valence-electron chi connectivity index (χ3n) is 2.71. The van der Waals surface area contributed by atoms with Crippen molar-refractivity contribution in [2.45, 2.75) is 32.9 Å². The highest BCUT2D eigenvalue weighted by Crippen LogP contribution is 2.10. The summed E-state index contributed by atoms with van der Waals surface area (Å²) in [5.74, 6) is 0. The van der Waals surface area contributed by atoms with Gasteiger partial charge in [-0.15, -0.1) is 11.3 Å². The van der Waals surface area contributed by atoms with E-state index in [1.807, 2.05) is 6.92 Å². The predicted octanol–water partition coefficient (Wildman–Crippen LogP) is 1.88. The van der Waals surface area contributed by atoms with Gasteiger partial charge in [0, 0.05) is 29.7 Å². The second-order valence-corrected chi connectivity index (χ2v) is 5.64. The molecule has 3 nitrogen and oxygen atoms in total. The minimum atomic E-state index is 0.187. The van der Waals surface area contributed by atoms with Gasteiger partial charge >= 0.3 is 0 Å². The van der Waals surface area contributed by atoms with Crippen LogP contribution in [0.5, 0.6) is 0 Å². The van der Waals surface area contributed by atoms with Gasteiger partial charge in [0.1, 0.15) is 5.01 Å². The normalized spacial score (nSPS) is 12.4. The Bertz CT molecular complexity index is 305. The van der Waals surface area contributed by atoms with Crippen molar-refractivity contribution in [3.8, 4) is 0 Å². The van der Waals surface area contributed by atoms with Crippen LogP contribution in [0.4, 0.5) is 0 Å². The van der Waals surface area contributed by atoms with Gasteiger partial charge in [0.15, 0.2) is 0 Å². The number of rotatable bonds is 5. The quantitative estimate of drug-likeness (QED) is 0.832. The van der Waals surface area contributed by atoms with Crippen LogP contribution < -0.4 is 5.32 Å². The van der Waals surface area contributed by atoms with Crippen molar-refractivity contribution < 1.29 is 0 Å². The minimum absolute atomic E-state index is 0.187. The summed E-state index contributed by atoms with van der Waals surface area (Å²) in [6.07, 6.45) is 0. The van der Waals surface area contributed by atoms with E-state index < -0.39 is 0 Å². The lowest BCUT2D eigenvalue weighted by molar-refractivity contribution is 0.189. The maximum atomic E-state index is 4.42. The van der Waals surface area contributed by atoms with Crippen molar-refractivity contribution in [2.24, 2.45) is 0 Å². The molecule has 0 saturated heterocycles. The second-order valence-electron chi connectivity index (χ2n) is 4.69. The maximum Gasteiger partial charge on any atom is 0.107 e. The molecule has 0 aromatic carbocycles. The molecular formula is C11H21N3S. The van der Waals surface area contributed by atoms with Gasteiger partial charge in [-0.3, -0.25) is 0 Å². The zero-order valence-corrected chi connectivity index (χ0v) is 11.1. The van der Waals surface area contributed by atoms with E-state index in [0.29, 0.717) is 0 Å². The first-order chi connectivity index (χ1) is 6.92. The van der Waals surface area contributed by atoms with Gasteiger partial charge < -0.3 is 10.2 Å². The monoisotopic (exact) mass is 227 g/mol. The number of hydrogen-bond acceptors (Lipinski definition) is 4. The molecule has 1 aromatic rings. The lowest BCUT2D eigenvalue weighted by Crippen LogP contribution is -2.46. The van der Waals surface area contributed by atoms with E-state index in [2.05, 4.69) is 48.5 Å². The summed E-state index contributed by atoms with van der Waals surface area (Å²) in [5, 5.41) is 6.70. The third kappa shape index (κ3) is 3.89. The molecular weight excluding hydrogens is 206 g/mol. The van der Waals surface area contributed by atoms with E-state index in [1.165, 1.54) is 5.01 Å². The summed E-state index contributed by atoms with van der Waals surface area (Å²) in [6.45, 7) is 8.33. The van der Waals surface area contributed by atoms with Gasteiger partial charge in [-0.25, -0.2) is 4.98 Å². The van der Waals surface area contributed by atoms with Crippen LogP contribution in [0.1, 0.15) is 24.5 Å². The first-order valence-corrected chi connectivity index (χ1v) is 6.09. The zero-order chi connectivity index (χ0) is 11.5. The number of thiazole rings is 1. The zero-order valence-electron chi connectivity index (χ0n) is 10.3. The van der Waals surface area contributed by atoms with Gasteiger partial charge in [0.2, 0.25) is 0 Å². The van der Waals surface area contributed by atoms with E-state index in [-0.39, 0.29) is 5.54 Å². The smallest absolute Gasteiger partial charge is 0.107 e. The van der Waals surface area contributed by atoms with Crippen LogP contribution in [0, 0.1) is 6.92 Å². The van der Waals surface area contributed by atoms with Crippen molar-refractivity contribution in [3.63, 3.8) is 0 Å². The summed E-state index contributed by atoms with van der Waals surface area (Å²) >= 11 is 1.72. The molecule has 0 spiro atoms. The highest BCUT2D eigenvalue weighted by atomic mass is 32.1. The third-order valence-corrected chi connectivity index (χ3v) is 3.68. The van der Waals surface area contributed by atoms with Gasteiger partial charge in [-0.05, 0) is 34.9 Å². The fourth-order valence-electron chi connectivity index (χ4n) is 1.12. The Hall–Kier alpha value is -0.450. The molecule has 0 aliphatic heterocycles. The standard InChI is InChI=1S/C11H21N3S/c1-9-7-15-10(13-9)6-12-8-11(2,3)14(4)5/h7,12H,6,8H2,1-5H3. The average Bonchev–Trinajstić information content (AvgIpc) is 2.51. The van der Waals surface area contributed by atoms with Crippen LogP contribution >= 0.6 is 11.3 Å². The number of aryl methyl sites for hydroxylation is 1. The molecule has 1 N–H and O–H groups in total. The van der Waals surface area contributed by atoms with E-state index in [4.69, 9.17) is 0 Å². The minimum Gasteiger partial charge on any atom is -0.309 e. The van der Waals surface area contributed by atoms with Gasteiger partial charge in [-0.2, -0.15) is 0 Å². The number of aromatic nitrogens is 1. The largest absolute Gasteiger partial charge is 0.309 e. The molecule has 1 heterocycles. The Morgan fingerprint density at radius 3 is 2.60 bits per heavy atom. The molecule has 0 unspecified atom stereocenters. The SMILES string of the molecule is Cc1csc(CNCC(C)(C)N(C)C)n1. The van der Waals surface area contributed by atoms with Crippen molar-refractivity contribution in [3.05, 3.63) is 16.1 Å². The Morgan fingerprint density at radius 1 is 1.47 bits per heavy atom. The summed E-state index contributed by atoms with van der Waals surface area (Å²) in [6, 6.07) is 0. The second kappa shape index (κ2) is 5.05. The lowest BCUT2D eigenvalue weighted by atomic mass is 10.0. The number of nitrogens with zero attached hydrogens (tertiary/aromatic N) is 2. The molecule has 15 heavy (non-hydrogen) atoms. The fraction of sp³-hybridized carbons (Fsp3) is 0.727. The molecule has 0 amide bonds. The van der Waals surface area contributed by atoms with Crippen LogP contribution in [0.25, 0.3) is 0 Å². The highest BCUT2D eigenvalue weighted by Gasteiger charge is 2.19.